The van der Waals surface area contributed by atoms with Crippen LogP contribution < -0.4 is 25.3 Å². The summed E-state index contributed by atoms with van der Waals surface area (Å²) >= 11 is 0. The molecule has 6 rings (SSSR count). The number of benzene rings is 2. The fourth-order valence-corrected chi connectivity index (χ4v) is 4.85. The number of hydrogen-bond acceptors (Lipinski definition) is 7. The number of amides is 2. The second-order valence-electron chi connectivity index (χ2n) is 11.7. The summed E-state index contributed by atoms with van der Waals surface area (Å²) in [5.74, 6) is -3.93. The molecule has 9 nitrogen and oxygen atoms in total. The van der Waals surface area contributed by atoms with Gasteiger partial charge in [-0.05, 0) is 75.1 Å². The molecule has 0 radical (unpaired) electrons. The SMILES string of the molecule is C[C@]1(C(N)=O)COc2c1cc([C@@](O)(CNC(=O)c1ccc(OC3CC3)c(OC3CC3)c1)C(F)(F)F)nc2-c1ccc(F)c(F)c1. The number of nitrogens with two attached hydrogens (primary N) is 1. The van der Waals surface area contributed by atoms with Crippen molar-refractivity contribution < 1.29 is 50.9 Å². The van der Waals surface area contributed by atoms with Gasteiger partial charge in [0.05, 0.1) is 24.4 Å². The molecule has 1 aromatic heterocycles. The van der Waals surface area contributed by atoms with Crippen molar-refractivity contribution in [3.63, 3.8) is 0 Å². The van der Waals surface area contributed by atoms with Crippen molar-refractivity contribution in [1.82, 2.24) is 10.3 Å². The monoisotopic (exact) mass is 633 g/mol. The lowest BCUT2D eigenvalue weighted by atomic mass is 9.81. The van der Waals surface area contributed by atoms with E-state index in [0.717, 1.165) is 43.9 Å². The highest BCUT2D eigenvalue weighted by Gasteiger charge is 2.57. The Balaban J connectivity index is 1.36. The third-order valence-electron chi connectivity index (χ3n) is 8.05. The highest BCUT2D eigenvalue weighted by molar-refractivity contribution is 5.95. The van der Waals surface area contributed by atoms with Crippen LogP contribution in [0.2, 0.25) is 0 Å². The number of aliphatic hydroxyl groups is 1. The number of nitrogens with one attached hydrogen (secondary N) is 1. The summed E-state index contributed by atoms with van der Waals surface area (Å²) < 4.78 is 89.2. The van der Waals surface area contributed by atoms with E-state index in [1.807, 2.05) is 0 Å². The Morgan fingerprint density at radius 3 is 2.29 bits per heavy atom. The van der Waals surface area contributed by atoms with Crippen LogP contribution in [0.3, 0.4) is 0 Å². The van der Waals surface area contributed by atoms with E-state index in [-0.39, 0.29) is 47.0 Å². The largest absolute Gasteiger partial charge is 0.489 e. The average molecular weight is 634 g/mol. The maximum absolute atomic E-state index is 14.7. The van der Waals surface area contributed by atoms with Crippen molar-refractivity contribution in [2.24, 2.45) is 5.73 Å². The number of carbonyl (C=O) groups excluding carboxylic acids is 2. The number of ether oxygens (including phenoxy) is 3. The molecule has 2 atom stereocenters. The van der Waals surface area contributed by atoms with E-state index < -0.39 is 58.6 Å². The first-order valence-electron chi connectivity index (χ1n) is 14.2. The minimum absolute atomic E-state index is 0.0333. The van der Waals surface area contributed by atoms with Crippen LogP contribution in [0.25, 0.3) is 11.3 Å². The predicted octanol–water partition coefficient (Wildman–Crippen LogP) is 4.42. The first-order chi connectivity index (χ1) is 21.2. The zero-order valence-electron chi connectivity index (χ0n) is 23.8. The van der Waals surface area contributed by atoms with Crippen LogP contribution in [0.15, 0.2) is 42.5 Å². The minimum atomic E-state index is -5.42. The Labute approximate surface area is 253 Å². The van der Waals surface area contributed by atoms with Crippen LogP contribution in [0.4, 0.5) is 22.0 Å². The zero-order valence-corrected chi connectivity index (χ0v) is 23.8. The van der Waals surface area contributed by atoms with E-state index in [2.05, 4.69) is 10.3 Å². The van der Waals surface area contributed by atoms with Gasteiger partial charge in [-0.3, -0.25) is 9.59 Å². The minimum Gasteiger partial charge on any atom is -0.489 e. The highest BCUT2D eigenvalue weighted by Crippen LogP contribution is 2.48. The zero-order chi connectivity index (χ0) is 32.3. The number of primary amides is 1. The van der Waals surface area contributed by atoms with Crippen LogP contribution in [-0.2, 0) is 15.8 Å². The standard InChI is InChI=1S/C31H28F5N3O6/c1-29(28(37)41)14-43-26-19(29)12-24(39-25(26)15-2-8-20(32)21(33)10-15)30(42,31(34,35)36)13-38-27(40)16-3-9-22(44-17-4-5-17)23(11-16)45-18-6-7-18/h2-3,8-12,17-18,42H,4-7,13-14H2,1H3,(H2,37,41)(H,38,40)/t29-,30-/m0/s1. The fourth-order valence-electron chi connectivity index (χ4n) is 4.85. The van der Waals surface area contributed by atoms with E-state index >= 15 is 0 Å². The number of fused-ring (bicyclic) bond motifs is 1. The molecule has 14 heteroatoms. The highest BCUT2D eigenvalue weighted by atomic mass is 19.4. The quantitative estimate of drug-likeness (QED) is 0.282. The summed E-state index contributed by atoms with van der Waals surface area (Å²) in [7, 11) is 0. The third-order valence-corrected chi connectivity index (χ3v) is 8.05. The van der Waals surface area contributed by atoms with Gasteiger partial charge in [-0.2, -0.15) is 13.2 Å². The second kappa shape index (κ2) is 10.9. The van der Waals surface area contributed by atoms with Gasteiger partial charge in [-0.25, -0.2) is 13.8 Å². The number of nitrogens with zero attached hydrogens (tertiary/aromatic N) is 1. The van der Waals surface area contributed by atoms with Gasteiger partial charge in [0.15, 0.2) is 23.1 Å². The smallest absolute Gasteiger partial charge is 0.424 e. The van der Waals surface area contributed by atoms with E-state index in [1.165, 1.54) is 25.1 Å². The van der Waals surface area contributed by atoms with Gasteiger partial charge in [-0.15, -0.1) is 0 Å². The van der Waals surface area contributed by atoms with Crippen LogP contribution in [-0.4, -0.2) is 53.4 Å². The molecule has 0 unspecified atom stereocenters. The van der Waals surface area contributed by atoms with Crippen molar-refractivity contribution in [1.29, 1.82) is 0 Å². The van der Waals surface area contributed by atoms with Crippen LogP contribution in [0, 0.1) is 11.6 Å². The average Bonchev–Trinajstić information content (AvgIpc) is 3.93. The Bertz CT molecular complexity index is 1690. The third kappa shape index (κ3) is 5.74. The Morgan fingerprint density at radius 2 is 1.69 bits per heavy atom. The summed E-state index contributed by atoms with van der Waals surface area (Å²) in [5.41, 5.74) is -1.71. The predicted molar refractivity (Wildman–Crippen MR) is 148 cm³/mol. The fraction of sp³-hybridized carbons (Fsp3) is 0.387. The molecule has 45 heavy (non-hydrogen) atoms. The lowest BCUT2D eigenvalue weighted by Crippen LogP contribution is -2.51. The lowest BCUT2D eigenvalue weighted by Gasteiger charge is -2.31. The molecule has 2 heterocycles. The molecule has 0 spiro atoms. The molecule has 2 aliphatic carbocycles. The maximum atomic E-state index is 14.7. The second-order valence-corrected chi connectivity index (χ2v) is 11.7. The number of halogens is 5. The molecule has 2 aromatic carbocycles. The van der Waals surface area contributed by atoms with E-state index in [0.29, 0.717) is 11.8 Å². The van der Waals surface area contributed by atoms with Gasteiger partial charge in [0.25, 0.3) is 5.91 Å². The first kappa shape index (κ1) is 30.6. The number of hydrogen-bond donors (Lipinski definition) is 3. The topological polar surface area (TPSA) is 133 Å². The van der Waals surface area contributed by atoms with Crippen LogP contribution in [0.1, 0.15) is 54.2 Å². The Kier molecular flexibility index (Phi) is 7.38. The first-order valence-corrected chi connectivity index (χ1v) is 14.2. The molecule has 238 valence electrons. The number of carbonyl (C=O) groups is 2. The van der Waals surface area contributed by atoms with Gasteiger partial charge < -0.3 is 30.4 Å². The number of pyridine rings is 1. The van der Waals surface area contributed by atoms with Crippen molar-refractivity contribution >= 4 is 11.8 Å². The molecule has 4 N–H and O–H groups in total. The van der Waals surface area contributed by atoms with E-state index in [1.54, 1.807) is 0 Å². The number of rotatable bonds is 10. The summed E-state index contributed by atoms with van der Waals surface area (Å²) in [6, 6.07) is 7.54. The van der Waals surface area contributed by atoms with Gasteiger partial charge in [0, 0.05) is 16.7 Å². The number of aromatic nitrogens is 1. The molecule has 2 fully saturated rings. The van der Waals surface area contributed by atoms with Crippen molar-refractivity contribution in [2.45, 2.75) is 62.0 Å². The molecule has 0 bridgehead atoms. The van der Waals surface area contributed by atoms with Crippen molar-refractivity contribution in [2.75, 3.05) is 13.2 Å². The number of alkyl halides is 3. The van der Waals surface area contributed by atoms with Gasteiger partial charge in [0.2, 0.25) is 11.5 Å². The summed E-state index contributed by atoms with van der Waals surface area (Å²) in [4.78, 5) is 29.5. The molecule has 3 aliphatic rings. The summed E-state index contributed by atoms with van der Waals surface area (Å²) in [6.45, 7) is -0.454. The molecule has 3 aromatic rings. The molecule has 2 amide bonds. The maximum Gasteiger partial charge on any atom is 0.424 e. The lowest BCUT2D eigenvalue weighted by molar-refractivity contribution is -0.265. The van der Waals surface area contributed by atoms with Gasteiger partial charge in [-0.1, -0.05) is 0 Å². The van der Waals surface area contributed by atoms with Gasteiger partial charge in [0.1, 0.15) is 23.5 Å². The van der Waals surface area contributed by atoms with E-state index in [9.17, 15) is 36.6 Å². The summed E-state index contributed by atoms with van der Waals surface area (Å²) in [6.07, 6.45) is -2.05. The van der Waals surface area contributed by atoms with Crippen molar-refractivity contribution in [3.05, 3.63) is 70.9 Å². The molecular formula is C31H28F5N3O6. The molecule has 0 saturated heterocycles. The van der Waals surface area contributed by atoms with Crippen LogP contribution in [0.5, 0.6) is 17.2 Å². The normalized spacial score (nSPS) is 20.5. The Morgan fingerprint density at radius 1 is 1.02 bits per heavy atom. The molecule has 2 saturated carbocycles. The van der Waals surface area contributed by atoms with E-state index in [4.69, 9.17) is 19.9 Å². The molecule has 1 aliphatic heterocycles. The Hall–Kier alpha value is -4.46. The summed E-state index contributed by atoms with van der Waals surface area (Å²) in [5, 5.41) is 13.3. The van der Waals surface area contributed by atoms with Gasteiger partial charge >= 0.3 is 6.18 Å². The molecular weight excluding hydrogens is 605 g/mol. The van der Waals surface area contributed by atoms with Crippen LogP contribution >= 0.6 is 0 Å². The van der Waals surface area contributed by atoms with Crippen molar-refractivity contribution in [3.8, 4) is 28.5 Å².